The highest BCUT2D eigenvalue weighted by molar-refractivity contribution is 5.95. The van der Waals surface area contributed by atoms with Crippen molar-refractivity contribution in [3.05, 3.63) is 64.7 Å². The van der Waals surface area contributed by atoms with Gasteiger partial charge in [-0.05, 0) is 26.7 Å². The molecule has 31 heavy (non-hydrogen) atoms. The van der Waals surface area contributed by atoms with Gasteiger partial charge in [-0.3, -0.25) is 14.3 Å². The predicted octanol–water partition coefficient (Wildman–Crippen LogP) is 3.92. The Hall–Kier alpha value is -3.42. The molecule has 1 unspecified atom stereocenters. The number of carbonyl (C=O) groups is 2. The maximum absolute atomic E-state index is 12.9. The Morgan fingerprint density at radius 1 is 1.16 bits per heavy atom. The van der Waals surface area contributed by atoms with Crippen LogP contribution < -0.4 is 5.32 Å². The molecule has 0 aliphatic rings. The highest BCUT2D eigenvalue weighted by atomic mass is 16.5. The number of ether oxygens (including phenoxy) is 1. The smallest absolute Gasteiger partial charge is 0.311 e. The number of esters is 1. The summed E-state index contributed by atoms with van der Waals surface area (Å²) in [6, 6.07) is 10.5. The van der Waals surface area contributed by atoms with Gasteiger partial charge in [0.2, 0.25) is 6.10 Å². The molecule has 1 amide bonds. The lowest BCUT2D eigenvalue weighted by atomic mass is 10.1. The molecule has 1 atom stereocenters. The van der Waals surface area contributed by atoms with E-state index in [1.54, 1.807) is 37.3 Å². The minimum absolute atomic E-state index is 0.0371. The van der Waals surface area contributed by atoms with Crippen molar-refractivity contribution < 1.29 is 18.8 Å². The summed E-state index contributed by atoms with van der Waals surface area (Å²) in [5.41, 5.74) is 3.11. The van der Waals surface area contributed by atoms with Crippen molar-refractivity contribution >= 4 is 17.7 Å². The van der Waals surface area contributed by atoms with Gasteiger partial charge in [0.15, 0.2) is 5.82 Å². The summed E-state index contributed by atoms with van der Waals surface area (Å²) in [4.78, 5) is 25.7. The second-order valence-corrected chi connectivity index (χ2v) is 7.99. The largest absolute Gasteiger partial charge is 0.447 e. The van der Waals surface area contributed by atoms with Crippen molar-refractivity contribution in [3.8, 4) is 0 Å². The van der Waals surface area contributed by atoms with Crippen LogP contribution in [0.15, 0.2) is 40.9 Å². The zero-order chi connectivity index (χ0) is 22.5. The highest BCUT2D eigenvalue weighted by Gasteiger charge is 2.27. The van der Waals surface area contributed by atoms with Crippen LogP contribution in [0.4, 0.5) is 5.82 Å². The minimum Gasteiger partial charge on any atom is -0.447 e. The first-order valence-electron chi connectivity index (χ1n) is 10.3. The number of carbonyl (C=O) groups excluding carboxylic acids is 2. The van der Waals surface area contributed by atoms with Gasteiger partial charge in [0.05, 0.1) is 12.1 Å². The van der Waals surface area contributed by atoms with Crippen LogP contribution in [0.5, 0.6) is 0 Å². The number of benzene rings is 1. The molecule has 0 bridgehead atoms. The molecule has 0 saturated carbocycles. The Morgan fingerprint density at radius 2 is 1.87 bits per heavy atom. The summed E-state index contributed by atoms with van der Waals surface area (Å²) in [6.07, 6.45) is -1.08. The molecule has 1 N–H and O–H groups in total. The number of hydrogen-bond acceptors (Lipinski definition) is 6. The summed E-state index contributed by atoms with van der Waals surface area (Å²) in [7, 11) is 0. The molecule has 0 fully saturated rings. The van der Waals surface area contributed by atoms with E-state index >= 15 is 0 Å². The fourth-order valence-corrected chi connectivity index (χ4v) is 3.35. The number of nitrogens with one attached hydrogen (secondary N) is 1. The zero-order valence-electron chi connectivity index (χ0n) is 18.5. The maximum Gasteiger partial charge on any atom is 0.311 e. The molecule has 0 aliphatic heterocycles. The van der Waals surface area contributed by atoms with Gasteiger partial charge in [0, 0.05) is 29.4 Å². The molecular weight excluding hydrogens is 396 g/mol. The van der Waals surface area contributed by atoms with Gasteiger partial charge in [0.25, 0.3) is 5.91 Å². The average molecular weight is 425 g/mol. The van der Waals surface area contributed by atoms with Crippen molar-refractivity contribution in [1.29, 1.82) is 0 Å². The lowest BCUT2D eigenvalue weighted by Gasteiger charge is -2.17. The third-order valence-corrected chi connectivity index (χ3v) is 4.86. The van der Waals surface area contributed by atoms with Crippen molar-refractivity contribution in [1.82, 2.24) is 14.9 Å². The molecule has 3 aromatic rings. The van der Waals surface area contributed by atoms with E-state index in [1.165, 1.54) is 0 Å². The van der Waals surface area contributed by atoms with Crippen LogP contribution in [-0.2, 0) is 27.3 Å². The first-order valence-corrected chi connectivity index (χ1v) is 10.3. The summed E-state index contributed by atoms with van der Waals surface area (Å²) in [5.74, 6) is 0.255. The van der Waals surface area contributed by atoms with E-state index in [0.29, 0.717) is 17.2 Å². The lowest BCUT2D eigenvalue weighted by molar-refractivity contribution is -0.154. The van der Waals surface area contributed by atoms with E-state index in [1.807, 2.05) is 24.6 Å². The first-order chi connectivity index (χ1) is 14.7. The molecule has 8 nitrogen and oxygen atoms in total. The van der Waals surface area contributed by atoms with Crippen molar-refractivity contribution in [2.45, 2.75) is 53.7 Å². The minimum atomic E-state index is -1.11. The summed E-state index contributed by atoms with van der Waals surface area (Å²) >= 11 is 0. The molecule has 2 aromatic heterocycles. The van der Waals surface area contributed by atoms with E-state index in [4.69, 9.17) is 9.26 Å². The SMILES string of the molecule is Cc1cc(NC(=O)C(OC(=O)Cc2c(C)nn(CC(C)C)c2C)c2ccccc2)no1. The lowest BCUT2D eigenvalue weighted by Crippen LogP contribution is -2.26. The molecule has 8 heteroatoms. The number of amides is 1. The summed E-state index contributed by atoms with van der Waals surface area (Å²) in [5, 5.41) is 11.0. The second kappa shape index (κ2) is 9.59. The van der Waals surface area contributed by atoms with Gasteiger partial charge in [-0.2, -0.15) is 5.10 Å². The van der Waals surface area contributed by atoms with Crippen molar-refractivity contribution in [2.75, 3.05) is 5.32 Å². The molecule has 2 heterocycles. The Kier molecular flexibility index (Phi) is 6.89. The topological polar surface area (TPSA) is 99.2 Å². The zero-order valence-corrected chi connectivity index (χ0v) is 18.5. The molecule has 3 rings (SSSR count). The monoisotopic (exact) mass is 424 g/mol. The Bertz CT molecular complexity index is 1050. The molecule has 0 aliphatic carbocycles. The van der Waals surface area contributed by atoms with Crippen LogP contribution in [-0.4, -0.2) is 26.8 Å². The standard InChI is InChI=1S/C23H28N4O4/c1-14(2)13-27-17(5)19(16(4)25-27)12-21(28)30-22(18-9-7-6-8-10-18)23(29)24-20-11-15(3)31-26-20/h6-11,14,22H,12-13H2,1-5H3,(H,24,26,29). The molecule has 0 spiro atoms. The van der Waals surface area contributed by atoms with Gasteiger partial charge >= 0.3 is 5.97 Å². The molecular formula is C23H28N4O4. The third kappa shape index (κ3) is 5.59. The van der Waals surface area contributed by atoms with Crippen LogP contribution in [0.2, 0.25) is 0 Å². The third-order valence-electron chi connectivity index (χ3n) is 4.86. The van der Waals surface area contributed by atoms with Crippen LogP contribution >= 0.6 is 0 Å². The number of aryl methyl sites for hydroxylation is 2. The van der Waals surface area contributed by atoms with Crippen LogP contribution in [0.1, 0.15) is 48.2 Å². The molecule has 0 saturated heterocycles. The summed E-state index contributed by atoms with van der Waals surface area (Å²) in [6.45, 7) is 10.5. The van der Waals surface area contributed by atoms with Crippen molar-refractivity contribution in [3.63, 3.8) is 0 Å². The quantitative estimate of drug-likeness (QED) is 0.550. The molecule has 0 radical (unpaired) electrons. The fraction of sp³-hybridized carbons (Fsp3) is 0.391. The fourth-order valence-electron chi connectivity index (χ4n) is 3.35. The first kappa shape index (κ1) is 22.3. The van der Waals surface area contributed by atoms with Crippen LogP contribution in [0.25, 0.3) is 0 Å². The van der Waals surface area contributed by atoms with Gasteiger partial charge in [-0.15, -0.1) is 0 Å². The van der Waals surface area contributed by atoms with Crippen molar-refractivity contribution in [2.24, 2.45) is 5.92 Å². The Labute approximate surface area is 181 Å². The number of nitrogens with zero attached hydrogens (tertiary/aromatic N) is 3. The predicted molar refractivity (Wildman–Crippen MR) is 115 cm³/mol. The van der Waals surface area contributed by atoms with E-state index < -0.39 is 18.0 Å². The average Bonchev–Trinajstić information content (AvgIpc) is 3.24. The van der Waals surface area contributed by atoms with Gasteiger partial charge in [0.1, 0.15) is 5.76 Å². The second-order valence-electron chi connectivity index (χ2n) is 7.99. The van der Waals surface area contributed by atoms with E-state index in [9.17, 15) is 9.59 Å². The maximum atomic E-state index is 12.9. The normalized spacial score (nSPS) is 12.1. The van der Waals surface area contributed by atoms with Gasteiger partial charge in [-0.25, -0.2) is 0 Å². The number of anilines is 1. The Morgan fingerprint density at radius 3 is 2.48 bits per heavy atom. The van der Waals surface area contributed by atoms with Gasteiger partial charge in [-0.1, -0.05) is 49.3 Å². The number of rotatable bonds is 8. The van der Waals surface area contributed by atoms with E-state index in [2.05, 4.69) is 29.4 Å². The number of aromatic nitrogens is 3. The van der Waals surface area contributed by atoms with Crippen LogP contribution in [0, 0.1) is 26.7 Å². The van der Waals surface area contributed by atoms with E-state index in [0.717, 1.165) is 23.5 Å². The molecule has 1 aromatic carbocycles. The summed E-state index contributed by atoms with van der Waals surface area (Å²) < 4.78 is 12.5. The molecule has 164 valence electrons. The van der Waals surface area contributed by atoms with E-state index in [-0.39, 0.29) is 12.2 Å². The Balaban J connectivity index is 1.77. The van der Waals surface area contributed by atoms with Gasteiger partial charge < -0.3 is 14.6 Å². The van der Waals surface area contributed by atoms with Crippen LogP contribution in [0.3, 0.4) is 0 Å². The highest BCUT2D eigenvalue weighted by Crippen LogP contribution is 2.22. The number of hydrogen-bond donors (Lipinski definition) is 1.